The van der Waals surface area contributed by atoms with Gasteiger partial charge >= 0.3 is 0 Å². The number of nitrogens with one attached hydrogen (secondary N) is 2. The predicted octanol–water partition coefficient (Wildman–Crippen LogP) is 3.10. The van der Waals surface area contributed by atoms with Crippen LogP contribution < -0.4 is 10.6 Å². The van der Waals surface area contributed by atoms with Gasteiger partial charge in [0.1, 0.15) is 0 Å². The van der Waals surface area contributed by atoms with Crippen LogP contribution in [-0.4, -0.2) is 15.2 Å². The van der Waals surface area contributed by atoms with E-state index in [2.05, 4.69) is 38.0 Å². The molecule has 0 aliphatic heterocycles. The van der Waals surface area contributed by atoms with Crippen molar-refractivity contribution in [2.24, 2.45) is 0 Å². The molecule has 0 unspecified atom stereocenters. The summed E-state index contributed by atoms with van der Waals surface area (Å²) in [7, 11) is 0. The second-order valence-electron chi connectivity index (χ2n) is 4.80. The molecule has 0 aliphatic rings. The molecule has 0 fully saturated rings. The van der Waals surface area contributed by atoms with Gasteiger partial charge in [-0.05, 0) is 42.5 Å². The lowest BCUT2D eigenvalue weighted by Crippen LogP contribution is -2.02. The van der Waals surface area contributed by atoms with Crippen LogP contribution in [-0.2, 0) is 0 Å². The van der Waals surface area contributed by atoms with Gasteiger partial charge in [-0.25, -0.2) is 0 Å². The number of aromatic nitrogens is 3. The van der Waals surface area contributed by atoms with Crippen LogP contribution in [0.5, 0.6) is 0 Å². The summed E-state index contributed by atoms with van der Waals surface area (Å²) in [6, 6.07) is 18.1. The van der Waals surface area contributed by atoms with Gasteiger partial charge in [-0.1, -0.05) is 6.07 Å². The molecule has 0 atom stereocenters. The molecule has 2 aromatic carbocycles. The van der Waals surface area contributed by atoms with E-state index in [-0.39, 0.29) is 0 Å². The first-order chi connectivity index (χ1) is 11.8. The number of nitriles is 2. The maximum Gasteiger partial charge on any atom is 0.249 e. The third-order valence-corrected chi connectivity index (χ3v) is 3.09. The highest BCUT2D eigenvalue weighted by molar-refractivity contribution is 5.60. The zero-order valence-corrected chi connectivity index (χ0v) is 12.4. The van der Waals surface area contributed by atoms with Gasteiger partial charge in [-0.2, -0.15) is 20.6 Å². The molecule has 3 aromatic rings. The van der Waals surface area contributed by atoms with E-state index < -0.39 is 0 Å². The molecule has 0 bridgehead atoms. The number of hydrogen-bond acceptors (Lipinski definition) is 7. The molecular formula is C17H11N7. The molecule has 7 heteroatoms. The number of benzene rings is 2. The SMILES string of the molecule is N#Cc1ccc(Nc2cnnc(Nc3cccc(C#N)c3)n2)cc1. The standard InChI is InChI=1S/C17H11N7/c18-9-12-4-6-14(7-5-12)21-16-11-20-24-17(23-16)22-15-3-1-2-13(8-15)10-19/h1-8,11H,(H2,21,22,23,24). The first-order valence-electron chi connectivity index (χ1n) is 7.01. The largest absolute Gasteiger partial charge is 0.339 e. The van der Waals surface area contributed by atoms with Crippen LogP contribution in [0.3, 0.4) is 0 Å². The van der Waals surface area contributed by atoms with Crippen molar-refractivity contribution < 1.29 is 0 Å². The Morgan fingerprint density at radius 3 is 2.38 bits per heavy atom. The summed E-state index contributed by atoms with van der Waals surface area (Å²) >= 11 is 0. The minimum atomic E-state index is 0.309. The average Bonchev–Trinajstić information content (AvgIpc) is 2.63. The molecule has 114 valence electrons. The molecule has 0 amide bonds. The minimum absolute atomic E-state index is 0.309. The van der Waals surface area contributed by atoms with E-state index >= 15 is 0 Å². The second kappa shape index (κ2) is 6.86. The normalized spacial score (nSPS) is 9.58. The third kappa shape index (κ3) is 3.62. The summed E-state index contributed by atoms with van der Waals surface area (Å²) in [4.78, 5) is 4.32. The minimum Gasteiger partial charge on any atom is -0.339 e. The van der Waals surface area contributed by atoms with Gasteiger partial charge in [0.25, 0.3) is 0 Å². The Kier molecular flexibility index (Phi) is 4.27. The van der Waals surface area contributed by atoms with Gasteiger partial charge in [-0.3, -0.25) is 0 Å². The van der Waals surface area contributed by atoms with Crippen molar-refractivity contribution in [3.05, 3.63) is 65.9 Å². The van der Waals surface area contributed by atoms with Gasteiger partial charge in [0.2, 0.25) is 5.95 Å². The molecule has 3 rings (SSSR count). The van der Waals surface area contributed by atoms with Crippen molar-refractivity contribution in [2.75, 3.05) is 10.6 Å². The average molecular weight is 313 g/mol. The van der Waals surface area contributed by atoms with Gasteiger partial charge < -0.3 is 10.6 Å². The van der Waals surface area contributed by atoms with Crippen LogP contribution in [0.15, 0.2) is 54.7 Å². The molecule has 1 aromatic heterocycles. The molecule has 0 saturated carbocycles. The molecule has 7 nitrogen and oxygen atoms in total. The van der Waals surface area contributed by atoms with E-state index in [1.165, 1.54) is 6.20 Å². The van der Waals surface area contributed by atoms with Crippen LogP contribution in [0.2, 0.25) is 0 Å². The molecule has 0 aliphatic carbocycles. The lowest BCUT2D eigenvalue weighted by atomic mass is 10.2. The highest BCUT2D eigenvalue weighted by atomic mass is 15.3. The van der Waals surface area contributed by atoms with E-state index in [1.807, 2.05) is 6.07 Å². The lowest BCUT2D eigenvalue weighted by molar-refractivity contribution is 0.982. The topological polar surface area (TPSA) is 110 Å². The lowest BCUT2D eigenvalue weighted by Gasteiger charge is -2.08. The van der Waals surface area contributed by atoms with Crippen molar-refractivity contribution >= 4 is 23.1 Å². The number of rotatable bonds is 4. The Morgan fingerprint density at radius 2 is 1.62 bits per heavy atom. The third-order valence-electron chi connectivity index (χ3n) is 3.09. The van der Waals surface area contributed by atoms with Gasteiger partial charge in [0, 0.05) is 11.4 Å². The van der Waals surface area contributed by atoms with Crippen LogP contribution in [0.4, 0.5) is 23.1 Å². The summed E-state index contributed by atoms with van der Waals surface area (Å²) in [5.41, 5.74) is 2.61. The Labute approximate surface area is 138 Å². The van der Waals surface area contributed by atoms with E-state index in [0.29, 0.717) is 28.6 Å². The van der Waals surface area contributed by atoms with Gasteiger partial charge in [0.15, 0.2) is 5.82 Å². The maximum absolute atomic E-state index is 8.92. The van der Waals surface area contributed by atoms with E-state index in [1.54, 1.807) is 42.5 Å². The molecule has 1 heterocycles. The smallest absolute Gasteiger partial charge is 0.249 e. The summed E-state index contributed by atoms with van der Waals surface area (Å²) in [6.07, 6.45) is 1.50. The molecule has 24 heavy (non-hydrogen) atoms. The molecule has 0 spiro atoms. The monoisotopic (exact) mass is 313 g/mol. The number of hydrogen-bond donors (Lipinski definition) is 2. The predicted molar refractivity (Wildman–Crippen MR) is 88.7 cm³/mol. The van der Waals surface area contributed by atoms with Crippen molar-refractivity contribution in [2.45, 2.75) is 0 Å². The number of anilines is 4. The summed E-state index contributed by atoms with van der Waals surface area (Å²) in [6.45, 7) is 0. The fourth-order valence-corrected chi connectivity index (χ4v) is 1.99. The Hall–Kier alpha value is -3.97. The molecule has 0 radical (unpaired) electrons. The van der Waals surface area contributed by atoms with E-state index in [0.717, 1.165) is 5.69 Å². The van der Waals surface area contributed by atoms with E-state index in [9.17, 15) is 0 Å². The zero-order valence-electron chi connectivity index (χ0n) is 12.4. The first kappa shape index (κ1) is 14.9. The van der Waals surface area contributed by atoms with Crippen molar-refractivity contribution in [3.63, 3.8) is 0 Å². The molecular weight excluding hydrogens is 302 g/mol. The second-order valence-corrected chi connectivity index (χ2v) is 4.80. The summed E-state index contributed by atoms with van der Waals surface area (Å²) in [5.74, 6) is 0.817. The quantitative estimate of drug-likeness (QED) is 0.761. The molecule has 2 N–H and O–H groups in total. The highest BCUT2D eigenvalue weighted by Crippen LogP contribution is 2.17. The fraction of sp³-hybridized carbons (Fsp3) is 0. The van der Waals surface area contributed by atoms with Crippen LogP contribution in [0, 0.1) is 22.7 Å². The van der Waals surface area contributed by atoms with Gasteiger partial charge in [0.05, 0.1) is 29.5 Å². The van der Waals surface area contributed by atoms with E-state index in [4.69, 9.17) is 10.5 Å². The maximum atomic E-state index is 8.92. The first-order valence-corrected chi connectivity index (χ1v) is 7.01. The Bertz CT molecular complexity index is 936. The molecule has 0 saturated heterocycles. The highest BCUT2D eigenvalue weighted by Gasteiger charge is 2.03. The Morgan fingerprint density at radius 1 is 0.833 bits per heavy atom. The van der Waals surface area contributed by atoms with Crippen LogP contribution in [0.1, 0.15) is 11.1 Å². The zero-order chi connectivity index (χ0) is 16.8. The summed E-state index contributed by atoms with van der Waals surface area (Å²) < 4.78 is 0. The van der Waals surface area contributed by atoms with Gasteiger partial charge in [-0.15, -0.1) is 5.10 Å². The van der Waals surface area contributed by atoms with Crippen molar-refractivity contribution in [3.8, 4) is 12.1 Å². The fourth-order valence-electron chi connectivity index (χ4n) is 1.99. The van der Waals surface area contributed by atoms with Crippen LogP contribution >= 0.6 is 0 Å². The van der Waals surface area contributed by atoms with Crippen molar-refractivity contribution in [1.29, 1.82) is 10.5 Å². The summed E-state index contributed by atoms with van der Waals surface area (Å²) in [5, 5.41) is 31.6. The van der Waals surface area contributed by atoms with Crippen molar-refractivity contribution in [1.82, 2.24) is 15.2 Å². The number of nitrogens with zero attached hydrogens (tertiary/aromatic N) is 5. The Balaban J connectivity index is 1.76. The van der Waals surface area contributed by atoms with Crippen LogP contribution in [0.25, 0.3) is 0 Å².